The molecule has 0 aliphatic carbocycles. The largest absolute Gasteiger partial charge is 0.378 e. The SMILES string of the molecule is CN(C)c1cccc(CNC(=O)CCNS(=O)(=O)/C=C/c2ccccc2)c1. The summed E-state index contributed by atoms with van der Waals surface area (Å²) in [4.78, 5) is 13.9. The monoisotopic (exact) mass is 387 g/mol. The van der Waals surface area contributed by atoms with Gasteiger partial charge in [-0.15, -0.1) is 0 Å². The summed E-state index contributed by atoms with van der Waals surface area (Å²) in [5.74, 6) is -0.208. The zero-order chi connectivity index (χ0) is 19.7. The van der Waals surface area contributed by atoms with Crippen molar-refractivity contribution in [1.82, 2.24) is 10.0 Å². The van der Waals surface area contributed by atoms with Crippen LogP contribution in [0.3, 0.4) is 0 Å². The number of nitrogens with zero attached hydrogens (tertiary/aromatic N) is 1. The van der Waals surface area contributed by atoms with Crippen molar-refractivity contribution in [3.8, 4) is 0 Å². The highest BCUT2D eigenvalue weighted by Gasteiger charge is 2.07. The number of benzene rings is 2. The smallest absolute Gasteiger partial charge is 0.233 e. The fraction of sp³-hybridized carbons (Fsp3) is 0.250. The second-order valence-corrected chi connectivity index (χ2v) is 7.89. The first kappa shape index (κ1) is 20.7. The van der Waals surface area contributed by atoms with E-state index in [1.807, 2.05) is 73.6 Å². The van der Waals surface area contributed by atoms with Crippen molar-refractivity contribution in [2.45, 2.75) is 13.0 Å². The van der Waals surface area contributed by atoms with E-state index >= 15 is 0 Å². The average molecular weight is 388 g/mol. The molecular formula is C20H25N3O3S. The van der Waals surface area contributed by atoms with Gasteiger partial charge in [-0.25, -0.2) is 13.1 Å². The Labute approximate surface area is 161 Å². The van der Waals surface area contributed by atoms with Crippen LogP contribution in [-0.2, 0) is 21.4 Å². The van der Waals surface area contributed by atoms with Crippen LogP contribution < -0.4 is 14.9 Å². The third-order valence-electron chi connectivity index (χ3n) is 3.81. The fourth-order valence-electron chi connectivity index (χ4n) is 2.32. The summed E-state index contributed by atoms with van der Waals surface area (Å²) in [5, 5.41) is 3.90. The van der Waals surface area contributed by atoms with Crippen LogP contribution in [0.15, 0.2) is 60.0 Å². The lowest BCUT2D eigenvalue weighted by atomic mass is 10.2. The molecule has 2 rings (SSSR count). The van der Waals surface area contributed by atoms with Crippen LogP contribution >= 0.6 is 0 Å². The van der Waals surface area contributed by atoms with Gasteiger partial charge in [-0.05, 0) is 29.3 Å². The maximum absolute atomic E-state index is 11.9. The van der Waals surface area contributed by atoms with Crippen molar-refractivity contribution in [3.05, 3.63) is 71.1 Å². The molecule has 0 aliphatic heterocycles. The molecular weight excluding hydrogens is 362 g/mol. The van der Waals surface area contributed by atoms with E-state index in [1.54, 1.807) is 0 Å². The molecule has 0 fully saturated rings. The minimum absolute atomic E-state index is 0.0467. The number of sulfonamides is 1. The Balaban J connectivity index is 1.75. The van der Waals surface area contributed by atoms with E-state index in [9.17, 15) is 13.2 Å². The molecule has 144 valence electrons. The molecule has 0 unspecified atom stereocenters. The Morgan fingerprint density at radius 3 is 2.52 bits per heavy atom. The molecule has 6 nitrogen and oxygen atoms in total. The molecule has 2 aromatic rings. The predicted octanol–water partition coefficient (Wildman–Crippen LogP) is 2.35. The molecule has 2 aromatic carbocycles. The van der Waals surface area contributed by atoms with Gasteiger partial charge >= 0.3 is 0 Å². The molecule has 0 radical (unpaired) electrons. The lowest BCUT2D eigenvalue weighted by molar-refractivity contribution is -0.121. The minimum Gasteiger partial charge on any atom is -0.378 e. The number of rotatable bonds is 9. The third-order valence-corrected chi connectivity index (χ3v) is 4.91. The highest BCUT2D eigenvalue weighted by atomic mass is 32.2. The Morgan fingerprint density at radius 2 is 1.81 bits per heavy atom. The van der Waals surface area contributed by atoms with E-state index in [4.69, 9.17) is 0 Å². The molecule has 1 amide bonds. The Hall–Kier alpha value is -2.64. The third kappa shape index (κ3) is 7.64. The van der Waals surface area contributed by atoms with E-state index in [2.05, 4.69) is 10.0 Å². The molecule has 0 saturated heterocycles. The molecule has 2 N–H and O–H groups in total. The van der Waals surface area contributed by atoms with Gasteiger partial charge in [0.2, 0.25) is 15.9 Å². The highest BCUT2D eigenvalue weighted by molar-refractivity contribution is 7.92. The lowest BCUT2D eigenvalue weighted by Crippen LogP contribution is -2.29. The molecule has 0 atom stereocenters. The van der Waals surface area contributed by atoms with Crippen LogP contribution in [0.5, 0.6) is 0 Å². The summed E-state index contributed by atoms with van der Waals surface area (Å²) >= 11 is 0. The summed E-state index contributed by atoms with van der Waals surface area (Å²) < 4.78 is 26.3. The number of anilines is 1. The molecule has 0 aliphatic rings. The van der Waals surface area contributed by atoms with E-state index < -0.39 is 10.0 Å². The second-order valence-electron chi connectivity index (χ2n) is 6.24. The van der Waals surface area contributed by atoms with E-state index in [0.717, 1.165) is 22.2 Å². The van der Waals surface area contributed by atoms with Crippen molar-refractivity contribution in [1.29, 1.82) is 0 Å². The summed E-state index contributed by atoms with van der Waals surface area (Å²) in [5.41, 5.74) is 2.83. The van der Waals surface area contributed by atoms with Gasteiger partial charge < -0.3 is 10.2 Å². The van der Waals surface area contributed by atoms with E-state index in [1.165, 1.54) is 6.08 Å². The summed E-state index contributed by atoms with van der Waals surface area (Å²) in [6, 6.07) is 17.0. The Bertz CT molecular complexity index is 878. The zero-order valence-corrected chi connectivity index (χ0v) is 16.4. The average Bonchev–Trinajstić information content (AvgIpc) is 2.66. The summed E-state index contributed by atoms with van der Waals surface area (Å²) in [6.07, 6.45) is 1.59. The van der Waals surface area contributed by atoms with Crippen LogP contribution in [0, 0.1) is 0 Å². The molecule has 0 saturated carbocycles. The van der Waals surface area contributed by atoms with Crippen molar-refractivity contribution in [2.75, 3.05) is 25.5 Å². The first-order valence-corrected chi connectivity index (χ1v) is 10.2. The standard InChI is InChI=1S/C20H25N3O3S/c1-23(2)19-10-6-9-18(15-19)16-21-20(24)11-13-22-27(25,26)14-12-17-7-4-3-5-8-17/h3-10,12,14-15,22H,11,13,16H2,1-2H3,(H,21,24)/b14-12+. The maximum atomic E-state index is 11.9. The lowest BCUT2D eigenvalue weighted by Gasteiger charge is -2.14. The van der Waals surface area contributed by atoms with Crippen LogP contribution in [0.4, 0.5) is 5.69 Å². The van der Waals surface area contributed by atoms with Crippen LogP contribution in [-0.4, -0.2) is 35.0 Å². The molecule has 7 heteroatoms. The van der Waals surface area contributed by atoms with Gasteiger partial charge in [-0.1, -0.05) is 42.5 Å². The minimum atomic E-state index is -3.57. The predicted molar refractivity (Wildman–Crippen MR) is 110 cm³/mol. The van der Waals surface area contributed by atoms with Gasteiger partial charge in [0, 0.05) is 44.7 Å². The van der Waals surface area contributed by atoms with Crippen molar-refractivity contribution < 1.29 is 13.2 Å². The van der Waals surface area contributed by atoms with Crippen LogP contribution in [0.1, 0.15) is 17.5 Å². The van der Waals surface area contributed by atoms with Gasteiger partial charge in [-0.2, -0.15) is 0 Å². The summed E-state index contributed by atoms with van der Waals surface area (Å²) in [7, 11) is 0.335. The Kier molecular flexibility index (Phi) is 7.57. The molecule has 0 spiro atoms. The van der Waals surface area contributed by atoms with E-state index in [0.29, 0.717) is 6.54 Å². The van der Waals surface area contributed by atoms with Gasteiger partial charge in [0.15, 0.2) is 0 Å². The molecule has 0 bridgehead atoms. The molecule has 0 aromatic heterocycles. The van der Waals surface area contributed by atoms with Gasteiger partial charge in [0.05, 0.1) is 0 Å². The normalized spacial score (nSPS) is 11.5. The van der Waals surface area contributed by atoms with Crippen LogP contribution in [0.25, 0.3) is 6.08 Å². The first-order valence-electron chi connectivity index (χ1n) is 8.61. The maximum Gasteiger partial charge on any atom is 0.233 e. The van der Waals surface area contributed by atoms with Gasteiger partial charge in [0.25, 0.3) is 0 Å². The number of amides is 1. The highest BCUT2D eigenvalue weighted by Crippen LogP contribution is 2.13. The van der Waals surface area contributed by atoms with E-state index in [-0.39, 0.29) is 18.9 Å². The number of hydrogen-bond donors (Lipinski definition) is 2. The number of carbonyl (C=O) groups excluding carboxylic acids is 1. The van der Waals surface area contributed by atoms with Crippen LogP contribution in [0.2, 0.25) is 0 Å². The number of hydrogen-bond acceptors (Lipinski definition) is 4. The zero-order valence-electron chi connectivity index (χ0n) is 15.6. The van der Waals surface area contributed by atoms with Crippen molar-refractivity contribution in [2.24, 2.45) is 0 Å². The van der Waals surface area contributed by atoms with Gasteiger partial charge in [-0.3, -0.25) is 4.79 Å². The molecule has 27 heavy (non-hydrogen) atoms. The van der Waals surface area contributed by atoms with Crippen molar-refractivity contribution in [3.63, 3.8) is 0 Å². The van der Waals surface area contributed by atoms with Gasteiger partial charge in [0.1, 0.15) is 0 Å². The second kappa shape index (κ2) is 9.89. The topological polar surface area (TPSA) is 78.5 Å². The quantitative estimate of drug-likeness (QED) is 0.692. The Morgan fingerprint density at radius 1 is 1.07 bits per heavy atom. The summed E-state index contributed by atoms with van der Waals surface area (Å²) in [6.45, 7) is 0.451. The molecule has 0 heterocycles. The van der Waals surface area contributed by atoms with Crippen molar-refractivity contribution >= 4 is 27.7 Å². The fourth-order valence-corrected chi connectivity index (χ4v) is 3.14. The first-order chi connectivity index (χ1) is 12.9. The number of carbonyl (C=O) groups is 1. The number of nitrogens with one attached hydrogen (secondary N) is 2.